The highest BCUT2D eigenvalue weighted by molar-refractivity contribution is 14.1. The lowest BCUT2D eigenvalue weighted by Gasteiger charge is -2.24. The summed E-state index contributed by atoms with van der Waals surface area (Å²) >= 11 is 6.68. The third-order valence-electron chi connectivity index (χ3n) is 5.37. The molecule has 0 spiro atoms. The van der Waals surface area contributed by atoms with Gasteiger partial charge in [0.15, 0.2) is 4.80 Å². The summed E-state index contributed by atoms with van der Waals surface area (Å²) in [6.07, 6.45) is 1.64. The van der Waals surface area contributed by atoms with Crippen LogP contribution in [-0.2, 0) is 9.53 Å². The van der Waals surface area contributed by atoms with Crippen molar-refractivity contribution >= 4 is 61.9 Å². The van der Waals surface area contributed by atoms with Gasteiger partial charge in [-0.3, -0.25) is 9.36 Å². The van der Waals surface area contributed by atoms with Crippen LogP contribution in [0.15, 0.2) is 61.9 Å². The summed E-state index contributed by atoms with van der Waals surface area (Å²) in [5.74, 6) is 0.272. The van der Waals surface area contributed by atoms with Crippen LogP contribution in [0.1, 0.15) is 37.9 Å². The zero-order chi connectivity index (χ0) is 25.3. The van der Waals surface area contributed by atoms with Crippen molar-refractivity contribution in [3.63, 3.8) is 0 Å². The monoisotopic (exact) mass is 668 g/mol. The lowest BCUT2D eigenvalue weighted by molar-refractivity contribution is -0.139. The number of aromatic nitrogens is 1. The van der Waals surface area contributed by atoms with E-state index in [1.807, 2.05) is 53.8 Å². The van der Waals surface area contributed by atoms with Crippen LogP contribution in [0.4, 0.5) is 0 Å². The molecular formula is C25H22BrIN2O5S. The molecule has 1 aliphatic heterocycles. The summed E-state index contributed by atoms with van der Waals surface area (Å²) in [5, 5.41) is 10.5. The number of nitrogens with zero attached hydrogens (tertiary/aromatic N) is 2. The third kappa shape index (κ3) is 5.10. The quantitative estimate of drug-likeness (QED) is 0.313. The summed E-state index contributed by atoms with van der Waals surface area (Å²) in [6.45, 7) is 6.12. The Morgan fingerprint density at radius 3 is 2.63 bits per heavy atom. The van der Waals surface area contributed by atoms with Crippen LogP contribution in [0.5, 0.6) is 11.5 Å². The molecule has 2 aromatic carbocycles. The van der Waals surface area contributed by atoms with Gasteiger partial charge in [-0.1, -0.05) is 39.4 Å². The van der Waals surface area contributed by atoms with Crippen molar-refractivity contribution in [2.75, 3.05) is 13.2 Å². The van der Waals surface area contributed by atoms with Crippen LogP contribution in [0, 0.1) is 3.57 Å². The number of fused-ring (bicyclic) bond motifs is 1. The molecule has 0 aliphatic carbocycles. The highest BCUT2D eigenvalue weighted by atomic mass is 127. The predicted octanol–water partition coefficient (Wildman–Crippen LogP) is 4.27. The maximum Gasteiger partial charge on any atom is 0.338 e. The molecule has 0 saturated carbocycles. The Kier molecular flexibility index (Phi) is 7.82. The standard InChI is InChI=1S/C25H22BrIN2O5S/c1-4-33-17-8-6-14(7-9-17)21-20(24(32)34-5-2)13(3)28-25-29(21)23(31)19(35-25)11-15-10-16(26)12-18(27)22(15)30/h6-12,21,30H,4-5H2,1-3H3/b19-11-/t21-/m1/s1. The van der Waals surface area contributed by atoms with Crippen molar-refractivity contribution < 1.29 is 19.4 Å². The molecule has 182 valence electrons. The first-order chi connectivity index (χ1) is 16.7. The van der Waals surface area contributed by atoms with Gasteiger partial charge in [0.25, 0.3) is 5.56 Å². The molecule has 7 nitrogen and oxygen atoms in total. The number of rotatable bonds is 6. The van der Waals surface area contributed by atoms with E-state index in [4.69, 9.17) is 9.47 Å². The number of phenols is 1. The molecule has 1 N–H and O–H groups in total. The first-order valence-electron chi connectivity index (χ1n) is 10.9. The van der Waals surface area contributed by atoms with Gasteiger partial charge in [0, 0.05) is 10.0 Å². The lowest BCUT2D eigenvalue weighted by atomic mass is 9.96. The Bertz CT molecular complexity index is 1510. The van der Waals surface area contributed by atoms with Crippen LogP contribution in [-0.4, -0.2) is 28.9 Å². The van der Waals surface area contributed by atoms with Gasteiger partial charge >= 0.3 is 5.97 Å². The number of hydrogen-bond acceptors (Lipinski definition) is 7. The minimum absolute atomic E-state index is 0.0890. The van der Waals surface area contributed by atoms with Crippen molar-refractivity contribution in [2.45, 2.75) is 26.8 Å². The minimum Gasteiger partial charge on any atom is -0.506 e. The molecule has 1 atom stereocenters. The van der Waals surface area contributed by atoms with Crippen LogP contribution in [0.25, 0.3) is 6.08 Å². The Morgan fingerprint density at radius 2 is 1.97 bits per heavy atom. The van der Waals surface area contributed by atoms with E-state index in [2.05, 4.69) is 20.9 Å². The molecule has 0 fully saturated rings. The molecule has 0 radical (unpaired) electrons. The topological polar surface area (TPSA) is 90.1 Å². The van der Waals surface area contributed by atoms with Gasteiger partial charge in [-0.05, 0) is 79.3 Å². The van der Waals surface area contributed by atoms with E-state index in [1.165, 1.54) is 15.9 Å². The number of halogens is 2. The average molecular weight is 669 g/mol. The van der Waals surface area contributed by atoms with Gasteiger partial charge in [-0.15, -0.1) is 0 Å². The van der Waals surface area contributed by atoms with Crippen LogP contribution < -0.4 is 19.6 Å². The van der Waals surface area contributed by atoms with E-state index in [-0.39, 0.29) is 17.9 Å². The number of allylic oxidation sites excluding steroid dienone is 1. The summed E-state index contributed by atoms with van der Waals surface area (Å²) in [5.41, 5.74) is 1.74. The smallest absolute Gasteiger partial charge is 0.338 e. The molecule has 0 unspecified atom stereocenters. The molecule has 0 amide bonds. The normalized spacial score (nSPS) is 15.6. The third-order valence-corrected chi connectivity index (χ3v) is 7.63. The van der Waals surface area contributed by atoms with Gasteiger partial charge in [0.05, 0.1) is 38.6 Å². The Morgan fingerprint density at radius 1 is 1.26 bits per heavy atom. The molecule has 3 aromatic rings. The number of carbonyl (C=O) groups excluding carboxylic acids is 1. The minimum atomic E-state index is -0.709. The van der Waals surface area contributed by atoms with E-state index >= 15 is 0 Å². The van der Waals surface area contributed by atoms with E-state index in [1.54, 1.807) is 32.1 Å². The van der Waals surface area contributed by atoms with Gasteiger partial charge < -0.3 is 14.6 Å². The van der Waals surface area contributed by atoms with Crippen molar-refractivity contribution in [3.05, 3.63) is 86.5 Å². The van der Waals surface area contributed by atoms with Crippen LogP contribution >= 0.6 is 49.9 Å². The van der Waals surface area contributed by atoms with E-state index in [0.717, 1.165) is 10.0 Å². The van der Waals surface area contributed by atoms with Gasteiger partial charge in [0.1, 0.15) is 11.5 Å². The highest BCUT2D eigenvalue weighted by Gasteiger charge is 2.33. The van der Waals surface area contributed by atoms with Gasteiger partial charge in [-0.25, -0.2) is 9.79 Å². The van der Waals surface area contributed by atoms with Crippen LogP contribution in [0.3, 0.4) is 0 Å². The molecule has 2 heterocycles. The summed E-state index contributed by atoms with van der Waals surface area (Å²) in [4.78, 5) is 31.7. The van der Waals surface area contributed by atoms with Gasteiger partial charge in [-0.2, -0.15) is 0 Å². The van der Waals surface area contributed by atoms with E-state index in [0.29, 0.717) is 42.1 Å². The molecule has 10 heteroatoms. The first-order valence-corrected chi connectivity index (χ1v) is 13.5. The number of carbonyl (C=O) groups is 1. The maximum atomic E-state index is 13.7. The Hall–Kier alpha value is -2.44. The molecular weight excluding hydrogens is 647 g/mol. The van der Waals surface area contributed by atoms with Crippen molar-refractivity contribution in [3.8, 4) is 11.5 Å². The molecule has 4 rings (SSSR count). The fourth-order valence-corrected chi connectivity index (χ4v) is 6.44. The number of esters is 1. The molecule has 1 aliphatic rings. The summed E-state index contributed by atoms with van der Waals surface area (Å²) < 4.78 is 14.2. The van der Waals surface area contributed by atoms with Crippen molar-refractivity contribution in [2.24, 2.45) is 4.99 Å². The Labute approximate surface area is 227 Å². The average Bonchev–Trinajstić information content (AvgIpc) is 3.11. The number of ether oxygens (including phenoxy) is 2. The molecule has 0 bridgehead atoms. The predicted molar refractivity (Wildman–Crippen MR) is 147 cm³/mol. The second-order valence-corrected chi connectivity index (χ2v) is 10.7. The number of hydrogen-bond donors (Lipinski definition) is 1. The summed E-state index contributed by atoms with van der Waals surface area (Å²) in [7, 11) is 0. The SMILES string of the molecule is CCOC(=O)C1=C(C)N=c2s/c(=C\c3cc(Br)cc(I)c3O)c(=O)n2[C@@H]1c1ccc(OCC)cc1. The van der Waals surface area contributed by atoms with Gasteiger partial charge in [0.2, 0.25) is 0 Å². The number of aromatic hydroxyl groups is 1. The number of phenolic OH excluding ortho intramolecular Hbond substituents is 1. The number of benzene rings is 2. The largest absolute Gasteiger partial charge is 0.506 e. The fourth-order valence-electron chi connectivity index (χ4n) is 3.86. The second-order valence-electron chi connectivity index (χ2n) is 7.63. The molecule has 35 heavy (non-hydrogen) atoms. The lowest BCUT2D eigenvalue weighted by Crippen LogP contribution is -2.39. The first kappa shape index (κ1) is 25.6. The second kappa shape index (κ2) is 10.7. The highest BCUT2D eigenvalue weighted by Crippen LogP contribution is 2.32. The van der Waals surface area contributed by atoms with E-state index < -0.39 is 12.0 Å². The van der Waals surface area contributed by atoms with Crippen molar-refractivity contribution in [1.29, 1.82) is 0 Å². The van der Waals surface area contributed by atoms with Crippen molar-refractivity contribution in [1.82, 2.24) is 4.57 Å². The Balaban J connectivity index is 1.94. The summed E-state index contributed by atoms with van der Waals surface area (Å²) in [6, 6.07) is 10.1. The number of thiazole rings is 1. The zero-order valence-corrected chi connectivity index (χ0v) is 23.7. The van der Waals surface area contributed by atoms with Crippen LogP contribution in [0.2, 0.25) is 0 Å². The zero-order valence-electron chi connectivity index (χ0n) is 19.2. The molecule has 0 saturated heterocycles. The maximum absolute atomic E-state index is 13.7. The fraction of sp³-hybridized carbons (Fsp3) is 0.240. The molecule has 1 aromatic heterocycles. The van der Waals surface area contributed by atoms with E-state index in [9.17, 15) is 14.7 Å².